The summed E-state index contributed by atoms with van der Waals surface area (Å²) in [7, 11) is 0. The minimum atomic E-state index is -4.91. The van der Waals surface area contributed by atoms with Crippen LogP contribution in [0.15, 0.2) is 23.8 Å². The van der Waals surface area contributed by atoms with E-state index >= 15 is 0 Å². The van der Waals surface area contributed by atoms with Crippen LogP contribution in [0.4, 0.5) is 26.3 Å². The molecule has 20 heavy (non-hydrogen) atoms. The predicted molar refractivity (Wildman–Crippen MR) is 54.0 cm³/mol. The Labute approximate surface area is 110 Å². The third-order valence-corrected chi connectivity index (χ3v) is 1.67. The lowest BCUT2D eigenvalue weighted by Crippen LogP contribution is -2.23. The Hall–Kier alpha value is -1.10. The van der Waals surface area contributed by atoms with Gasteiger partial charge < -0.3 is 9.84 Å². The summed E-state index contributed by atoms with van der Waals surface area (Å²) in [6, 6.07) is 0. The summed E-state index contributed by atoms with van der Waals surface area (Å²) in [6.07, 6.45) is -5.87. The second-order valence-electron chi connectivity index (χ2n) is 3.20. The van der Waals surface area contributed by atoms with Crippen molar-refractivity contribution in [3.63, 3.8) is 0 Å². The lowest BCUT2D eigenvalue weighted by atomic mass is 10.4. The molecule has 0 bridgehead atoms. The Kier molecular flexibility index (Phi) is 9.21. The summed E-state index contributed by atoms with van der Waals surface area (Å²) < 4.78 is 79.3. The Morgan fingerprint density at radius 3 is 2.30 bits per heavy atom. The maximum Gasteiger partial charge on any atom is 0.437 e. The highest BCUT2D eigenvalue weighted by atomic mass is 19.3. The van der Waals surface area contributed by atoms with Crippen LogP contribution in [-0.4, -0.2) is 37.6 Å². The van der Waals surface area contributed by atoms with Crippen LogP contribution >= 0.6 is 0 Å². The summed E-state index contributed by atoms with van der Waals surface area (Å²) in [5.41, 5.74) is 0. The van der Waals surface area contributed by atoms with Crippen LogP contribution in [0, 0.1) is 0 Å². The molecular formula is C10H12F6O4. The summed E-state index contributed by atoms with van der Waals surface area (Å²) in [6.45, 7) is -0.606. The second kappa shape index (κ2) is 9.75. The van der Waals surface area contributed by atoms with Gasteiger partial charge in [0.15, 0.2) is 5.83 Å². The molecule has 1 N–H and O–H groups in total. The standard InChI is InChI=1S/C10H12F6O4/c11-6-7(12)8(13)9(14)10(15,16)20-19-4-1-3-18-5-2-17/h6,17H,1-5H2/b7-6-,9-8+. The lowest BCUT2D eigenvalue weighted by Gasteiger charge is -2.13. The van der Waals surface area contributed by atoms with Crippen molar-refractivity contribution >= 4 is 0 Å². The molecule has 0 aromatic rings. The molecule has 4 nitrogen and oxygen atoms in total. The number of hydrogen-bond donors (Lipinski definition) is 1. The van der Waals surface area contributed by atoms with Gasteiger partial charge in [0.05, 0.1) is 19.8 Å². The van der Waals surface area contributed by atoms with Crippen LogP contribution in [0.1, 0.15) is 6.42 Å². The van der Waals surface area contributed by atoms with E-state index in [4.69, 9.17) is 9.84 Å². The summed E-state index contributed by atoms with van der Waals surface area (Å²) in [5, 5.41) is 8.33. The summed E-state index contributed by atoms with van der Waals surface area (Å²) in [5.74, 6) is -8.13. The maximum absolute atomic E-state index is 12.8. The molecule has 0 aliphatic carbocycles. The largest absolute Gasteiger partial charge is 0.437 e. The third kappa shape index (κ3) is 6.89. The van der Waals surface area contributed by atoms with Gasteiger partial charge in [-0.2, -0.15) is 18.1 Å². The van der Waals surface area contributed by atoms with Crippen molar-refractivity contribution < 1.29 is 46.0 Å². The van der Waals surface area contributed by atoms with Crippen LogP contribution in [0.2, 0.25) is 0 Å². The molecule has 0 saturated heterocycles. The van der Waals surface area contributed by atoms with Gasteiger partial charge in [-0.05, 0) is 6.42 Å². The van der Waals surface area contributed by atoms with E-state index in [1.165, 1.54) is 0 Å². The van der Waals surface area contributed by atoms with E-state index < -0.39 is 36.5 Å². The van der Waals surface area contributed by atoms with E-state index in [9.17, 15) is 26.3 Å². The van der Waals surface area contributed by atoms with Crippen molar-refractivity contribution in [2.45, 2.75) is 12.5 Å². The molecule has 10 heteroatoms. The topological polar surface area (TPSA) is 47.9 Å². The molecule has 0 amide bonds. The van der Waals surface area contributed by atoms with Gasteiger partial charge in [-0.15, -0.1) is 0 Å². The minimum absolute atomic E-state index is 0.0361. The number of alkyl halides is 2. The van der Waals surface area contributed by atoms with E-state index in [0.29, 0.717) is 0 Å². The van der Waals surface area contributed by atoms with Crippen molar-refractivity contribution in [1.29, 1.82) is 0 Å². The van der Waals surface area contributed by atoms with Crippen molar-refractivity contribution in [2.24, 2.45) is 0 Å². The van der Waals surface area contributed by atoms with Gasteiger partial charge in [-0.3, -0.25) is 0 Å². The molecule has 0 fully saturated rings. The number of halogens is 6. The fourth-order valence-corrected chi connectivity index (χ4v) is 0.819. The number of aliphatic hydroxyl groups is 1. The quantitative estimate of drug-likeness (QED) is 0.222. The molecule has 118 valence electrons. The van der Waals surface area contributed by atoms with Crippen molar-refractivity contribution in [2.75, 3.05) is 26.4 Å². The Morgan fingerprint density at radius 2 is 1.75 bits per heavy atom. The zero-order valence-corrected chi connectivity index (χ0v) is 10.1. The second-order valence-corrected chi connectivity index (χ2v) is 3.20. The highest BCUT2D eigenvalue weighted by molar-refractivity contribution is 5.22. The molecule has 0 spiro atoms. The van der Waals surface area contributed by atoms with Crippen LogP contribution in [-0.2, 0) is 14.5 Å². The smallest absolute Gasteiger partial charge is 0.394 e. The van der Waals surface area contributed by atoms with Crippen molar-refractivity contribution in [3.8, 4) is 0 Å². The van der Waals surface area contributed by atoms with Crippen LogP contribution in [0.25, 0.3) is 0 Å². The molecular weight excluding hydrogens is 298 g/mol. The average molecular weight is 310 g/mol. The first-order chi connectivity index (χ1) is 9.36. The molecule has 0 unspecified atom stereocenters. The van der Waals surface area contributed by atoms with Gasteiger partial charge in [0.2, 0.25) is 11.7 Å². The SMILES string of the molecule is OCCOCCCOOC(F)(F)/C(F)=C(F)/C(F)=C/F. The zero-order chi connectivity index (χ0) is 15.6. The molecule has 0 heterocycles. The maximum atomic E-state index is 12.8. The fraction of sp³-hybridized carbons (Fsp3) is 0.600. The van der Waals surface area contributed by atoms with E-state index in [1.807, 2.05) is 0 Å². The highest BCUT2D eigenvalue weighted by Crippen LogP contribution is 2.33. The Bertz CT molecular complexity index is 345. The first kappa shape index (κ1) is 18.9. The van der Waals surface area contributed by atoms with E-state index in [1.54, 1.807) is 0 Å². The van der Waals surface area contributed by atoms with Crippen LogP contribution in [0.5, 0.6) is 0 Å². The first-order valence-electron chi connectivity index (χ1n) is 5.25. The van der Waals surface area contributed by atoms with E-state index in [2.05, 4.69) is 9.78 Å². The van der Waals surface area contributed by atoms with E-state index in [0.717, 1.165) is 0 Å². The predicted octanol–water partition coefficient (Wildman–Crippen LogP) is 2.86. The first-order valence-corrected chi connectivity index (χ1v) is 5.25. The zero-order valence-electron chi connectivity index (χ0n) is 10.1. The van der Waals surface area contributed by atoms with Crippen molar-refractivity contribution in [1.82, 2.24) is 0 Å². The Morgan fingerprint density at radius 1 is 1.10 bits per heavy atom. The summed E-state index contributed by atoms with van der Waals surface area (Å²) >= 11 is 0. The average Bonchev–Trinajstić information content (AvgIpc) is 2.43. The Balaban J connectivity index is 4.19. The molecule has 0 saturated carbocycles. The molecule has 0 aliphatic rings. The number of hydrogen-bond acceptors (Lipinski definition) is 4. The third-order valence-electron chi connectivity index (χ3n) is 1.67. The van der Waals surface area contributed by atoms with Gasteiger partial charge in [-0.1, -0.05) is 0 Å². The van der Waals surface area contributed by atoms with Crippen LogP contribution < -0.4 is 0 Å². The van der Waals surface area contributed by atoms with Crippen molar-refractivity contribution in [3.05, 3.63) is 23.8 Å². The highest BCUT2D eigenvalue weighted by Gasteiger charge is 2.42. The van der Waals surface area contributed by atoms with Gasteiger partial charge in [0.1, 0.15) is 6.33 Å². The molecule has 0 radical (unpaired) electrons. The number of rotatable bonds is 10. The van der Waals surface area contributed by atoms with Gasteiger partial charge in [-0.25, -0.2) is 18.1 Å². The van der Waals surface area contributed by atoms with Gasteiger partial charge >= 0.3 is 6.11 Å². The fourth-order valence-electron chi connectivity index (χ4n) is 0.819. The summed E-state index contributed by atoms with van der Waals surface area (Å²) in [4.78, 5) is 7.18. The number of aliphatic hydroxyl groups excluding tert-OH is 1. The van der Waals surface area contributed by atoms with Gasteiger partial charge in [0.25, 0.3) is 0 Å². The molecule has 0 aromatic heterocycles. The molecule has 0 aliphatic heterocycles. The van der Waals surface area contributed by atoms with E-state index in [-0.39, 0.29) is 26.2 Å². The molecule has 0 atom stereocenters. The monoisotopic (exact) mass is 310 g/mol. The minimum Gasteiger partial charge on any atom is -0.394 e. The number of ether oxygens (including phenoxy) is 1. The normalized spacial score (nSPS) is 14.4. The lowest BCUT2D eigenvalue weighted by molar-refractivity contribution is -0.429. The number of allylic oxidation sites excluding steroid dienone is 2. The molecule has 0 rings (SSSR count). The molecule has 0 aromatic carbocycles. The van der Waals surface area contributed by atoms with Gasteiger partial charge in [0, 0.05) is 6.61 Å². The van der Waals surface area contributed by atoms with Crippen LogP contribution in [0.3, 0.4) is 0 Å².